The predicted octanol–water partition coefficient (Wildman–Crippen LogP) is 4.39. The molecular formula is C23H34BNO3. The van der Waals surface area contributed by atoms with Crippen LogP contribution in [0.25, 0.3) is 0 Å². The fourth-order valence-corrected chi connectivity index (χ4v) is 5.51. The second-order valence-corrected chi connectivity index (χ2v) is 10.9. The molecule has 3 fully saturated rings. The molecule has 1 aromatic rings. The van der Waals surface area contributed by atoms with Gasteiger partial charge in [0.15, 0.2) is 0 Å². The molecule has 3 atom stereocenters. The highest BCUT2D eigenvalue weighted by molar-refractivity contribution is 6.62. The number of carbonyl (C=O) groups is 1. The lowest BCUT2D eigenvalue weighted by Gasteiger charge is -2.34. The highest BCUT2D eigenvalue weighted by Gasteiger charge is 2.62. The Morgan fingerprint density at radius 2 is 1.57 bits per heavy atom. The van der Waals surface area contributed by atoms with Crippen molar-refractivity contribution in [2.24, 2.45) is 22.7 Å². The van der Waals surface area contributed by atoms with E-state index < -0.39 is 0 Å². The zero-order valence-corrected chi connectivity index (χ0v) is 18.4. The number of fused-ring (bicyclic) bond motifs is 2. The minimum Gasteiger partial charge on any atom is -0.399 e. The van der Waals surface area contributed by atoms with E-state index in [1.54, 1.807) is 0 Å². The zero-order valence-electron chi connectivity index (χ0n) is 18.4. The molecule has 1 N–H and O–H groups in total. The fourth-order valence-electron chi connectivity index (χ4n) is 5.51. The average molecular weight is 383 g/mol. The molecule has 4 nitrogen and oxygen atoms in total. The van der Waals surface area contributed by atoms with E-state index in [0.29, 0.717) is 11.3 Å². The number of hydrogen-bond donors (Lipinski definition) is 1. The van der Waals surface area contributed by atoms with Gasteiger partial charge in [-0.3, -0.25) is 4.79 Å². The first-order valence-electron chi connectivity index (χ1n) is 10.6. The summed E-state index contributed by atoms with van der Waals surface area (Å²) < 4.78 is 12.2. The fraction of sp³-hybridized carbons (Fsp3) is 0.696. The van der Waals surface area contributed by atoms with Gasteiger partial charge in [-0.2, -0.15) is 0 Å². The van der Waals surface area contributed by atoms with Crippen LogP contribution in [0.1, 0.15) is 67.7 Å². The van der Waals surface area contributed by atoms with Crippen LogP contribution in [-0.4, -0.2) is 24.2 Å². The molecule has 28 heavy (non-hydrogen) atoms. The quantitative estimate of drug-likeness (QED) is 0.788. The Bertz CT molecular complexity index is 767. The van der Waals surface area contributed by atoms with Crippen LogP contribution in [0.5, 0.6) is 0 Å². The minimum absolute atomic E-state index is 0.122. The molecule has 0 spiro atoms. The summed E-state index contributed by atoms with van der Waals surface area (Å²) in [6.45, 7) is 15.3. The van der Waals surface area contributed by atoms with Crippen molar-refractivity contribution >= 4 is 24.2 Å². The summed E-state index contributed by atoms with van der Waals surface area (Å²) in [6.07, 6.45) is 3.42. The van der Waals surface area contributed by atoms with Crippen molar-refractivity contribution in [2.45, 2.75) is 78.9 Å². The lowest BCUT2D eigenvalue weighted by molar-refractivity contribution is -0.121. The number of nitrogens with one attached hydrogen (secondary N) is 1. The van der Waals surface area contributed by atoms with Crippen molar-refractivity contribution in [1.82, 2.24) is 0 Å². The molecule has 3 aliphatic rings. The topological polar surface area (TPSA) is 47.6 Å². The van der Waals surface area contributed by atoms with Gasteiger partial charge in [0.05, 0.1) is 11.2 Å². The number of hydrogen-bond acceptors (Lipinski definition) is 3. The van der Waals surface area contributed by atoms with Crippen LogP contribution in [0.3, 0.4) is 0 Å². The van der Waals surface area contributed by atoms with Crippen LogP contribution >= 0.6 is 0 Å². The summed E-state index contributed by atoms with van der Waals surface area (Å²) in [5.74, 6) is 0.780. The average Bonchev–Trinajstić information content (AvgIpc) is 3.04. The molecule has 2 saturated carbocycles. The maximum Gasteiger partial charge on any atom is 0.494 e. The van der Waals surface area contributed by atoms with E-state index in [4.69, 9.17) is 9.31 Å². The third kappa shape index (κ3) is 2.85. The standard InChI is InChI=1S/C23H34BNO3/c1-20(2)18-12-13-23(20,7)14-17(18)19(26)25-16-10-8-15(9-11-16)24-27-21(3,4)22(5,6)28-24/h8-11,17-18H,12-14H2,1-7H3,(H,25,26)/t17-,18-,23+/m1/s1. The van der Waals surface area contributed by atoms with E-state index in [0.717, 1.165) is 17.6 Å². The molecule has 0 radical (unpaired) electrons. The van der Waals surface area contributed by atoms with E-state index in [9.17, 15) is 4.79 Å². The molecule has 5 heteroatoms. The molecule has 1 aromatic carbocycles. The van der Waals surface area contributed by atoms with Crippen molar-refractivity contribution < 1.29 is 14.1 Å². The number of anilines is 1. The smallest absolute Gasteiger partial charge is 0.399 e. The van der Waals surface area contributed by atoms with Gasteiger partial charge in [-0.05, 0) is 81.3 Å². The molecule has 1 amide bonds. The van der Waals surface area contributed by atoms with Gasteiger partial charge in [-0.1, -0.05) is 32.9 Å². The third-order valence-corrected chi connectivity index (χ3v) is 8.69. The first-order chi connectivity index (χ1) is 12.9. The van der Waals surface area contributed by atoms with Crippen LogP contribution in [0, 0.1) is 22.7 Å². The minimum atomic E-state index is -0.374. The van der Waals surface area contributed by atoms with Gasteiger partial charge < -0.3 is 14.6 Å². The highest BCUT2D eigenvalue weighted by atomic mass is 16.7. The molecule has 0 unspecified atom stereocenters. The number of benzene rings is 1. The summed E-state index contributed by atoms with van der Waals surface area (Å²) in [5, 5.41) is 3.15. The Morgan fingerprint density at radius 1 is 1.00 bits per heavy atom. The molecule has 1 aliphatic heterocycles. The van der Waals surface area contributed by atoms with Gasteiger partial charge in [-0.15, -0.1) is 0 Å². The molecule has 2 aliphatic carbocycles. The Hall–Kier alpha value is -1.33. The van der Waals surface area contributed by atoms with E-state index in [-0.39, 0.29) is 35.6 Å². The van der Waals surface area contributed by atoms with Crippen LogP contribution in [0.15, 0.2) is 24.3 Å². The molecule has 0 aromatic heterocycles. The molecule has 152 valence electrons. The number of amides is 1. The normalized spacial score (nSPS) is 34.6. The zero-order chi connectivity index (χ0) is 20.5. The van der Waals surface area contributed by atoms with Gasteiger partial charge in [0.1, 0.15) is 0 Å². The molecular weight excluding hydrogens is 349 g/mol. The second-order valence-electron chi connectivity index (χ2n) is 10.9. The maximum absolute atomic E-state index is 13.0. The van der Waals surface area contributed by atoms with Gasteiger partial charge in [0, 0.05) is 11.6 Å². The van der Waals surface area contributed by atoms with Crippen LogP contribution in [0.4, 0.5) is 5.69 Å². The summed E-state index contributed by atoms with van der Waals surface area (Å²) in [7, 11) is -0.374. The summed E-state index contributed by atoms with van der Waals surface area (Å²) >= 11 is 0. The lowest BCUT2D eigenvalue weighted by atomic mass is 9.71. The van der Waals surface area contributed by atoms with Crippen molar-refractivity contribution in [2.75, 3.05) is 5.32 Å². The number of carbonyl (C=O) groups excluding carboxylic acids is 1. The summed E-state index contributed by atoms with van der Waals surface area (Å²) in [4.78, 5) is 13.0. The Morgan fingerprint density at radius 3 is 2.04 bits per heavy atom. The first-order valence-corrected chi connectivity index (χ1v) is 10.6. The summed E-state index contributed by atoms with van der Waals surface area (Å²) in [5.41, 5.74) is 1.65. The van der Waals surface area contributed by atoms with E-state index in [2.05, 4.69) is 53.8 Å². The van der Waals surface area contributed by atoms with Crippen molar-refractivity contribution in [3.05, 3.63) is 24.3 Å². The van der Waals surface area contributed by atoms with Gasteiger partial charge >= 0.3 is 7.12 Å². The van der Waals surface area contributed by atoms with Crippen molar-refractivity contribution in [3.63, 3.8) is 0 Å². The van der Waals surface area contributed by atoms with Crippen LogP contribution < -0.4 is 10.8 Å². The largest absolute Gasteiger partial charge is 0.494 e. The van der Waals surface area contributed by atoms with Crippen molar-refractivity contribution in [3.8, 4) is 0 Å². The summed E-state index contributed by atoms with van der Waals surface area (Å²) in [6, 6.07) is 7.89. The molecule has 2 bridgehead atoms. The van der Waals surface area contributed by atoms with E-state index >= 15 is 0 Å². The number of rotatable bonds is 3. The predicted molar refractivity (Wildman–Crippen MR) is 114 cm³/mol. The Balaban J connectivity index is 1.43. The van der Waals surface area contributed by atoms with Gasteiger partial charge in [0.2, 0.25) is 5.91 Å². The third-order valence-electron chi connectivity index (χ3n) is 8.69. The van der Waals surface area contributed by atoms with Crippen LogP contribution in [-0.2, 0) is 14.1 Å². The second kappa shape index (κ2) is 6.09. The first kappa shape index (κ1) is 20.0. The van der Waals surface area contributed by atoms with E-state index in [1.165, 1.54) is 12.8 Å². The van der Waals surface area contributed by atoms with Gasteiger partial charge in [-0.25, -0.2) is 0 Å². The highest BCUT2D eigenvalue weighted by Crippen LogP contribution is 2.67. The Kier molecular flexibility index (Phi) is 4.34. The van der Waals surface area contributed by atoms with Crippen LogP contribution in [0.2, 0.25) is 0 Å². The van der Waals surface area contributed by atoms with Gasteiger partial charge in [0.25, 0.3) is 0 Å². The molecule has 1 saturated heterocycles. The molecule has 1 heterocycles. The SMILES string of the molecule is CC1(C)OB(c2ccc(NC(=O)[C@@H]3C[C@]4(C)CC[C@H]3C4(C)C)cc2)OC1(C)C. The molecule has 4 rings (SSSR count). The Labute approximate surface area is 169 Å². The lowest BCUT2D eigenvalue weighted by Crippen LogP contribution is -2.41. The van der Waals surface area contributed by atoms with Crippen molar-refractivity contribution in [1.29, 1.82) is 0 Å². The van der Waals surface area contributed by atoms with E-state index in [1.807, 2.05) is 24.3 Å². The maximum atomic E-state index is 13.0. The monoisotopic (exact) mass is 383 g/mol.